The van der Waals surface area contributed by atoms with Crippen LogP contribution in [-0.2, 0) is 4.79 Å². The van der Waals surface area contributed by atoms with Crippen molar-refractivity contribution < 1.29 is 9.28 Å². The van der Waals surface area contributed by atoms with Gasteiger partial charge in [-0.2, -0.15) is 0 Å². The molecule has 0 radical (unpaired) electrons. The third kappa shape index (κ3) is 2.84. The second-order valence-corrected chi connectivity index (χ2v) is 3.49. The second kappa shape index (κ2) is 5.81. The minimum absolute atomic E-state index is 0.0136. The molecule has 82 valence electrons. The number of hydrogen-bond donors (Lipinski definition) is 1. The lowest BCUT2D eigenvalue weighted by molar-refractivity contribution is -0.886. The van der Waals surface area contributed by atoms with Crippen LogP contribution in [0.3, 0.4) is 0 Å². The summed E-state index contributed by atoms with van der Waals surface area (Å²) in [6.45, 7) is 11.6. The summed E-state index contributed by atoms with van der Waals surface area (Å²) in [4.78, 5) is 11.2. The maximum Gasteiger partial charge on any atom is 0.249 e. The first-order valence-electron chi connectivity index (χ1n) is 5.33. The molecule has 1 N–H and O–H groups in total. The van der Waals surface area contributed by atoms with E-state index in [9.17, 15) is 4.79 Å². The van der Waals surface area contributed by atoms with Crippen LogP contribution >= 0.6 is 0 Å². The predicted molar refractivity (Wildman–Crippen MR) is 59.7 cm³/mol. The van der Waals surface area contributed by atoms with E-state index in [4.69, 9.17) is 0 Å². The molecule has 0 aromatic carbocycles. The normalized spacial score (nSPS) is 12.8. The van der Waals surface area contributed by atoms with Crippen molar-refractivity contribution in [2.75, 3.05) is 26.7 Å². The maximum absolute atomic E-state index is 11.2. The zero-order chi connectivity index (χ0) is 11.2. The lowest BCUT2D eigenvalue weighted by Crippen LogP contribution is -2.46. The average molecular weight is 199 g/mol. The number of rotatable bonds is 5. The molecule has 3 heteroatoms. The fraction of sp³-hybridized carbons (Fsp3) is 0.727. The van der Waals surface area contributed by atoms with Gasteiger partial charge in [-0.3, -0.25) is 9.28 Å². The smallest absolute Gasteiger partial charge is 0.249 e. The van der Waals surface area contributed by atoms with Gasteiger partial charge in [0.15, 0.2) is 0 Å². The molecule has 0 aliphatic heterocycles. The SMILES string of the molecule is CC[N+](CC)(CC)/C(C)=C/C(=O)NC. The Balaban J connectivity index is 4.83. The number of quaternary nitrogens is 1. The largest absolute Gasteiger partial charge is 0.355 e. The van der Waals surface area contributed by atoms with Crippen molar-refractivity contribution >= 4 is 5.91 Å². The van der Waals surface area contributed by atoms with E-state index in [1.54, 1.807) is 13.1 Å². The first-order chi connectivity index (χ1) is 6.56. The summed E-state index contributed by atoms with van der Waals surface area (Å²) in [5, 5.41) is 2.61. The van der Waals surface area contributed by atoms with E-state index in [0.29, 0.717) is 0 Å². The van der Waals surface area contributed by atoms with Crippen molar-refractivity contribution in [3.63, 3.8) is 0 Å². The van der Waals surface area contributed by atoms with E-state index in [1.807, 2.05) is 6.92 Å². The van der Waals surface area contributed by atoms with Crippen LogP contribution in [0, 0.1) is 0 Å². The molecule has 0 bridgehead atoms. The minimum Gasteiger partial charge on any atom is -0.355 e. The summed E-state index contributed by atoms with van der Waals surface area (Å²) in [6.07, 6.45) is 1.70. The molecular formula is C11H23N2O+. The zero-order valence-electron chi connectivity index (χ0n) is 10.1. The fourth-order valence-corrected chi connectivity index (χ4v) is 1.82. The zero-order valence-corrected chi connectivity index (χ0v) is 10.1. The van der Waals surface area contributed by atoms with E-state index >= 15 is 0 Å². The highest BCUT2D eigenvalue weighted by molar-refractivity contribution is 5.87. The molecule has 0 atom stereocenters. The maximum atomic E-state index is 11.2. The lowest BCUT2D eigenvalue weighted by Gasteiger charge is -2.35. The molecule has 0 aromatic rings. The molecule has 0 heterocycles. The van der Waals surface area contributed by atoms with Crippen LogP contribution in [0.15, 0.2) is 11.8 Å². The van der Waals surface area contributed by atoms with Gasteiger partial charge in [-0.05, 0) is 20.8 Å². The Labute approximate surface area is 87.4 Å². The topological polar surface area (TPSA) is 29.1 Å². The van der Waals surface area contributed by atoms with E-state index in [-0.39, 0.29) is 5.91 Å². The summed E-state index contributed by atoms with van der Waals surface area (Å²) in [7, 11) is 1.66. The van der Waals surface area contributed by atoms with Crippen LogP contribution in [0.5, 0.6) is 0 Å². The molecule has 0 aromatic heterocycles. The monoisotopic (exact) mass is 199 g/mol. The Kier molecular flexibility index (Phi) is 5.46. The van der Waals surface area contributed by atoms with Gasteiger partial charge in [0, 0.05) is 14.0 Å². The van der Waals surface area contributed by atoms with Crippen LogP contribution in [0.2, 0.25) is 0 Å². The number of likely N-dealkylation sites (N-methyl/N-ethyl adjacent to an activating group) is 1. The first-order valence-corrected chi connectivity index (χ1v) is 5.33. The number of carbonyl (C=O) groups is 1. The standard InChI is InChI=1S/C11H22N2O/c1-6-13(7-2,8-3)10(4)9-11(14)12-5/h9H,6-8H2,1-5H3/p+1/b10-9+. The Hall–Kier alpha value is -0.830. The Morgan fingerprint density at radius 3 is 1.93 bits per heavy atom. The minimum atomic E-state index is -0.0136. The van der Waals surface area contributed by atoms with Gasteiger partial charge in [0.05, 0.1) is 25.7 Å². The second-order valence-electron chi connectivity index (χ2n) is 3.49. The molecule has 0 aliphatic carbocycles. The third-order valence-corrected chi connectivity index (χ3v) is 3.15. The highest BCUT2D eigenvalue weighted by atomic mass is 16.1. The van der Waals surface area contributed by atoms with Crippen molar-refractivity contribution in [3.8, 4) is 0 Å². The number of nitrogens with zero attached hydrogens (tertiary/aromatic N) is 1. The number of nitrogens with one attached hydrogen (secondary N) is 1. The quantitative estimate of drug-likeness (QED) is 0.528. The van der Waals surface area contributed by atoms with Gasteiger partial charge >= 0.3 is 0 Å². The van der Waals surface area contributed by atoms with Crippen LogP contribution in [-0.4, -0.2) is 37.1 Å². The van der Waals surface area contributed by atoms with Gasteiger partial charge in [0.1, 0.15) is 5.70 Å². The van der Waals surface area contributed by atoms with Crippen molar-refractivity contribution in [1.29, 1.82) is 0 Å². The van der Waals surface area contributed by atoms with Gasteiger partial charge in [0.2, 0.25) is 5.91 Å². The molecule has 0 rings (SSSR count). The molecular weight excluding hydrogens is 176 g/mol. The summed E-state index contributed by atoms with van der Waals surface area (Å²) in [6, 6.07) is 0. The van der Waals surface area contributed by atoms with Crippen molar-refractivity contribution in [3.05, 3.63) is 11.8 Å². The Morgan fingerprint density at radius 2 is 1.64 bits per heavy atom. The Morgan fingerprint density at radius 1 is 1.21 bits per heavy atom. The molecule has 0 aliphatic rings. The fourth-order valence-electron chi connectivity index (χ4n) is 1.82. The van der Waals surface area contributed by atoms with E-state index < -0.39 is 0 Å². The Bertz CT molecular complexity index is 209. The van der Waals surface area contributed by atoms with Crippen LogP contribution < -0.4 is 5.32 Å². The van der Waals surface area contributed by atoms with E-state index in [0.717, 1.165) is 29.8 Å². The van der Waals surface area contributed by atoms with Crippen LogP contribution in [0.4, 0.5) is 0 Å². The third-order valence-electron chi connectivity index (χ3n) is 3.15. The van der Waals surface area contributed by atoms with Gasteiger partial charge in [-0.25, -0.2) is 0 Å². The summed E-state index contributed by atoms with van der Waals surface area (Å²) >= 11 is 0. The van der Waals surface area contributed by atoms with Crippen molar-refractivity contribution in [1.82, 2.24) is 5.32 Å². The van der Waals surface area contributed by atoms with Crippen molar-refractivity contribution in [2.24, 2.45) is 0 Å². The lowest BCUT2D eigenvalue weighted by atomic mass is 10.2. The molecule has 0 saturated carbocycles. The average Bonchev–Trinajstić information content (AvgIpc) is 2.21. The highest BCUT2D eigenvalue weighted by Gasteiger charge is 2.24. The molecule has 0 spiro atoms. The summed E-state index contributed by atoms with van der Waals surface area (Å²) in [5.41, 5.74) is 1.14. The van der Waals surface area contributed by atoms with Gasteiger partial charge in [0.25, 0.3) is 0 Å². The van der Waals surface area contributed by atoms with Crippen LogP contribution in [0.25, 0.3) is 0 Å². The molecule has 0 saturated heterocycles. The first kappa shape index (κ1) is 13.2. The number of allylic oxidation sites excluding steroid dienone is 1. The number of amides is 1. The summed E-state index contributed by atoms with van der Waals surface area (Å²) in [5.74, 6) is -0.0136. The molecule has 0 unspecified atom stereocenters. The van der Waals surface area contributed by atoms with E-state index in [2.05, 4.69) is 26.1 Å². The van der Waals surface area contributed by atoms with Crippen molar-refractivity contribution in [2.45, 2.75) is 27.7 Å². The number of hydrogen-bond acceptors (Lipinski definition) is 1. The molecule has 3 nitrogen and oxygen atoms in total. The van der Waals surface area contributed by atoms with Gasteiger partial charge < -0.3 is 5.32 Å². The molecule has 1 amide bonds. The highest BCUT2D eigenvalue weighted by Crippen LogP contribution is 2.16. The van der Waals surface area contributed by atoms with E-state index in [1.165, 1.54) is 0 Å². The molecule has 0 fully saturated rings. The molecule has 14 heavy (non-hydrogen) atoms. The number of carbonyl (C=O) groups excluding carboxylic acids is 1. The van der Waals surface area contributed by atoms with Gasteiger partial charge in [-0.1, -0.05) is 0 Å². The van der Waals surface area contributed by atoms with Gasteiger partial charge in [-0.15, -0.1) is 0 Å². The van der Waals surface area contributed by atoms with Crippen LogP contribution in [0.1, 0.15) is 27.7 Å². The predicted octanol–water partition coefficient (Wildman–Crippen LogP) is 1.51. The summed E-state index contributed by atoms with van der Waals surface area (Å²) < 4.78 is 0.896.